The lowest BCUT2D eigenvalue weighted by atomic mass is 9.75. The number of aryl methyl sites for hydroxylation is 6. The standard InChI is InChI=1S/C31H38/c1-6-23-11-9-12-24(7-2)30(23)29-18-25(8-3)31-26(13-10-14-27(31)20-29)19-28-17-21(4)15-16-22(28)5/h9,11-12,15-18,20,26H,6-8,10,13-14,19H2,1-5H3. The first-order valence-electron chi connectivity index (χ1n) is 12.4. The summed E-state index contributed by atoms with van der Waals surface area (Å²) in [6.45, 7) is 11.4. The highest BCUT2D eigenvalue weighted by molar-refractivity contribution is 5.73. The van der Waals surface area contributed by atoms with Crippen LogP contribution in [0.3, 0.4) is 0 Å². The van der Waals surface area contributed by atoms with Crippen LogP contribution in [0.5, 0.6) is 0 Å². The van der Waals surface area contributed by atoms with Gasteiger partial charge < -0.3 is 0 Å². The van der Waals surface area contributed by atoms with E-state index in [9.17, 15) is 0 Å². The minimum absolute atomic E-state index is 0.653. The van der Waals surface area contributed by atoms with E-state index in [0.29, 0.717) is 5.92 Å². The van der Waals surface area contributed by atoms with Crippen molar-refractivity contribution in [1.29, 1.82) is 0 Å². The van der Waals surface area contributed by atoms with Gasteiger partial charge in [0.05, 0.1) is 0 Å². The van der Waals surface area contributed by atoms with Gasteiger partial charge in [-0.1, -0.05) is 74.9 Å². The molecular weight excluding hydrogens is 372 g/mol. The third-order valence-electron chi connectivity index (χ3n) is 7.40. The molecule has 0 nitrogen and oxygen atoms in total. The maximum absolute atomic E-state index is 2.55. The van der Waals surface area contributed by atoms with E-state index >= 15 is 0 Å². The van der Waals surface area contributed by atoms with Crippen LogP contribution in [0.15, 0.2) is 48.5 Å². The van der Waals surface area contributed by atoms with E-state index in [4.69, 9.17) is 0 Å². The zero-order chi connectivity index (χ0) is 22.0. The van der Waals surface area contributed by atoms with Gasteiger partial charge in [0.25, 0.3) is 0 Å². The fourth-order valence-electron chi connectivity index (χ4n) is 5.73. The highest BCUT2D eigenvalue weighted by Gasteiger charge is 2.25. The van der Waals surface area contributed by atoms with Crippen LogP contribution in [0, 0.1) is 13.8 Å². The monoisotopic (exact) mass is 410 g/mol. The van der Waals surface area contributed by atoms with E-state index in [-0.39, 0.29) is 0 Å². The molecule has 0 saturated heterocycles. The summed E-state index contributed by atoms with van der Waals surface area (Å²) in [5.41, 5.74) is 15.2. The second kappa shape index (κ2) is 9.43. The summed E-state index contributed by atoms with van der Waals surface area (Å²) < 4.78 is 0. The van der Waals surface area contributed by atoms with Gasteiger partial charge in [0.1, 0.15) is 0 Å². The molecule has 0 spiro atoms. The van der Waals surface area contributed by atoms with Crippen molar-refractivity contribution in [2.45, 2.75) is 85.5 Å². The zero-order valence-corrected chi connectivity index (χ0v) is 20.1. The molecule has 0 radical (unpaired) electrons. The van der Waals surface area contributed by atoms with Crippen LogP contribution >= 0.6 is 0 Å². The molecule has 0 N–H and O–H groups in total. The summed E-state index contributed by atoms with van der Waals surface area (Å²) in [5, 5.41) is 0. The first kappa shape index (κ1) is 21.9. The Balaban J connectivity index is 1.80. The van der Waals surface area contributed by atoms with E-state index in [2.05, 4.69) is 83.1 Å². The average Bonchev–Trinajstić information content (AvgIpc) is 2.80. The molecular formula is C31H38. The Labute approximate surface area is 189 Å². The first-order valence-corrected chi connectivity index (χ1v) is 12.4. The van der Waals surface area contributed by atoms with Crippen LogP contribution < -0.4 is 0 Å². The lowest BCUT2D eigenvalue weighted by Crippen LogP contribution is -2.16. The molecule has 3 aromatic rings. The van der Waals surface area contributed by atoms with Crippen molar-refractivity contribution in [2.75, 3.05) is 0 Å². The smallest absolute Gasteiger partial charge is 0.0116 e. The van der Waals surface area contributed by atoms with Crippen LogP contribution in [0.25, 0.3) is 11.1 Å². The van der Waals surface area contributed by atoms with Gasteiger partial charge in [-0.15, -0.1) is 0 Å². The number of benzene rings is 3. The predicted octanol–water partition coefficient (Wildman–Crippen LogP) is 8.32. The summed E-state index contributed by atoms with van der Waals surface area (Å²) in [4.78, 5) is 0. The Bertz CT molecular complexity index is 1030. The number of fused-ring (bicyclic) bond motifs is 1. The number of rotatable bonds is 6. The highest BCUT2D eigenvalue weighted by Crippen LogP contribution is 2.41. The molecule has 1 atom stereocenters. The van der Waals surface area contributed by atoms with E-state index in [1.807, 2.05) is 0 Å². The molecule has 162 valence electrons. The molecule has 0 heteroatoms. The second-order valence-corrected chi connectivity index (χ2v) is 9.44. The fraction of sp³-hybridized carbons (Fsp3) is 0.419. The molecule has 1 unspecified atom stereocenters. The average molecular weight is 411 g/mol. The predicted molar refractivity (Wildman–Crippen MR) is 135 cm³/mol. The minimum Gasteiger partial charge on any atom is -0.0617 e. The third-order valence-corrected chi connectivity index (χ3v) is 7.40. The molecule has 0 heterocycles. The topological polar surface area (TPSA) is 0 Å². The summed E-state index contributed by atoms with van der Waals surface area (Å²) in [6.07, 6.45) is 8.35. The molecule has 1 aliphatic rings. The van der Waals surface area contributed by atoms with Crippen LogP contribution in [-0.4, -0.2) is 0 Å². The number of hydrogen-bond acceptors (Lipinski definition) is 0. The minimum atomic E-state index is 0.653. The Kier molecular flexibility index (Phi) is 6.65. The molecule has 31 heavy (non-hydrogen) atoms. The molecule has 0 saturated carbocycles. The van der Waals surface area contributed by atoms with Gasteiger partial charge in [-0.2, -0.15) is 0 Å². The lowest BCUT2D eigenvalue weighted by molar-refractivity contribution is 0.545. The van der Waals surface area contributed by atoms with Crippen molar-refractivity contribution >= 4 is 0 Å². The zero-order valence-electron chi connectivity index (χ0n) is 20.1. The third kappa shape index (κ3) is 4.36. The largest absolute Gasteiger partial charge is 0.0617 e. The summed E-state index contributed by atoms with van der Waals surface area (Å²) in [6, 6.07) is 18.9. The van der Waals surface area contributed by atoms with Gasteiger partial charge in [0.2, 0.25) is 0 Å². The molecule has 1 aliphatic carbocycles. The second-order valence-electron chi connectivity index (χ2n) is 9.44. The summed E-state index contributed by atoms with van der Waals surface area (Å²) in [7, 11) is 0. The van der Waals surface area contributed by atoms with Crippen molar-refractivity contribution in [3.63, 3.8) is 0 Å². The van der Waals surface area contributed by atoms with Crippen LogP contribution in [0.1, 0.15) is 84.0 Å². The Morgan fingerprint density at radius 1 is 0.774 bits per heavy atom. The van der Waals surface area contributed by atoms with E-state index in [1.165, 1.54) is 64.6 Å². The van der Waals surface area contributed by atoms with E-state index in [0.717, 1.165) is 19.3 Å². The summed E-state index contributed by atoms with van der Waals surface area (Å²) in [5.74, 6) is 0.653. The van der Waals surface area contributed by atoms with Crippen molar-refractivity contribution in [3.05, 3.63) is 93.0 Å². The summed E-state index contributed by atoms with van der Waals surface area (Å²) >= 11 is 0. The Morgan fingerprint density at radius 2 is 1.48 bits per heavy atom. The van der Waals surface area contributed by atoms with Gasteiger partial charge in [-0.25, -0.2) is 0 Å². The normalized spacial score (nSPS) is 15.7. The molecule has 0 aliphatic heterocycles. The lowest BCUT2D eigenvalue weighted by Gasteiger charge is -2.30. The van der Waals surface area contributed by atoms with Gasteiger partial charge in [0.15, 0.2) is 0 Å². The quantitative estimate of drug-likeness (QED) is 0.383. The van der Waals surface area contributed by atoms with Gasteiger partial charge in [-0.05, 0) is 115 Å². The van der Waals surface area contributed by atoms with Crippen molar-refractivity contribution in [1.82, 2.24) is 0 Å². The molecule has 4 rings (SSSR count). The first-order chi connectivity index (χ1) is 15.0. The van der Waals surface area contributed by atoms with Crippen molar-refractivity contribution < 1.29 is 0 Å². The van der Waals surface area contributed by atoms with Crippen molar-refractivity contribution in [2.24, 2.45) is 0 Å². The van der Waals surface area contributed by atoms with Crippen LogP contribution in [0.4, 0.5) is 0 Å². The van der Waals surface area contributed by atoms with E-state index in [1.54, 1.807) is 16.7 Å². The SMILES string of the molecule is CCc1cccc(CC)c1-c1cc(CC)c2c(c1)CCCC2Cc1cc(C)ccc1C. The van der Waals surface area contributed by atoms with E-state index < -0.39 is 0 Å². The van der Waals surface area contributed by atoms with Gasteiger partial charge >= 0.3 is 0 Å². The molecule has 3 aromatic carbocycles. The van der Waals surface area contributed by atoms with Crippen LogP contribution in [-0.2, 0) is 32.1 Å². The Hall–Kier alpha value is -2.34. The van der Waals surface area contributed by atoms with Gasteiger partial charge in [-0.3, -0.25) is 0 Å². The highest BCUT2D eigenvalue weighted by atomic mass is 14.3. The van der Waals surface area contributed by atoms with Crippen molar-refractivity contribution in [3.8, 4) is 11.1 Å². The molecule has 0 aromatic heterocycles. The maximum atomic E-state index is 2.55. The number of hydrogen-bond donors (Lipinski definition) is 0. The maximum Gasteiger partial charge on any atom is -0.0116 e. The van der Waals surface area contributed by atoms with Gasteiger partial charge in [0, 0.05) is 0 Å². The fourth-order valence-corrected chi connectivity index (χ4v) is 5.73. The molecule has 0 amide bonds. The van der Waals surface area contributed by atoms with Crippen LogP contribution in [0.2, 0.25) is 0 Å². The Morgan fingerprint density at radius 3 is 2.16 bits per heavy atom. The molecule has 0 fully saturated rings. The molecule has 0 bridgehead atoms.